The van der Waals surface area contributed by atoms with Gasteiger partial charge in [-0.1, -0.05) is 12.1 Å². The first-order chi connectivity index (χ1) is 6.61. The third kappa shape index (κ3) is 1.59. The number of aldehydes is 1. The van der Waals surface area contributed by atoms with Crippen LogP contribution >= 0.6 is 0 Å². The Morgan fingerprint density at radius 2 is 2.14 bits per heavy atom. The number of hydrogen-bond acceptors (Lipinski definition) is 4. The van der Waals surface area contributed by atoms with Crippen LogP contribution < -0.4 is 0 Å². The Bertz CT molecular complexity index is 382. The van der Waals surface area contributed by atoms with Crippen molar-refractivity contribution in [2.45, 2.75) is 6.92 Å². The number of carbonyl (C=O) groups is 2. The fraction of sp³-hybridized carbons (Fsp3) is 0.200. The Morgan fingerprint density at radius 1 is 1.50 bits per heavy atom. The maximum absolute atomic E-state index is 11.2. The molecule has 0 radical (unpaired) electrons. The summed E-state index contributed by atoms with van der Waals surface area (Å²) in [5, 5.41) is 9.55. The van der Waals surface area contributed by atoms with Crippen LogP contribution in [-0.4, -0.2) is 24.5 Å². The van der Waals surface area contributed by atoms with E-state index in [2.05, 4.69) is 4.74 Å². The lowest BCUT2D eigenvalue weighted by Crippen LogP contribution is -2.06. The van der Waals surface area contributed by atoms with Gasteiger partial charge in [-0.05, 0) is 12.5 Å². The zero-order valence-electron chi connectivity index (χ0n) is 7.90. The molecule has 1 N–H and O–H groups in total. The lowest BCUT2D eigenvalue weighted by Gasteiger charge is -2.07. The molecule has 0 fully saturated rings. The SMILES string of the molecule is COC(=O)c1c(C=O)ccc(C)c1O. The topological polar surface area (TPSA) is 63.6 Å². The number of esters is 1. The number of phenolic OH excluding ortho intramolecular Hbond substituents is 1. The molecule has 14 heavy (non-hydrogen) atoms. The number of benzene rings is 1. The molecule has 0 unspecified atom stereocenters. The normalized spacial score (nSPS) is 9.57. The zero-order valence-corrected chi connectivity index (χ0v) is 7.90. The highest BCUT2D eigenvalue weighted by Gasteiger charge is 2.17. The average Bonchev–Trinajstić information content (AvgIpc) is 2.20. The summed E-state index contributed by atoms with van der Waals surface area (Å²) < 4.78 is 4.46. The van der Waals surface area contributed by atoms with Crippen molar-refractivity contribution >= 4 is 12.3 Å². The van der Waals surface area contributed by atoms with E-state index in [9.17, 15) is 14.7 Å². The molecule has 1 aromatic carbocycles. The summed E-state index contributed by atoms with van der Waals surface area (Å²) in [5.41, 5.74) is 0.568. The van der Waals surface area contributed by atoms with E-state index in [1.54, 1.807) is 13.0 Å². The molecular weight excluding hydrogens is 184 g/mol. The van der Waals surface area contributed by atoms with Crippen molar-refractivity contribution in [2.24, 2.45) is 0 Å². The summed E-state index contributed by atoms with van der Waals surface area (Å²) in [5.74, 6) is -0.922. The fourth-order valence-corrected chi connectivity index (χ4v) is 1.13. The van der Waals surface area contributed by atoms with Gasteiger partial charge in [-0.3, -0.25) is 4.79 Å². The number of methoxy groups -OCH3 is 1. The third-order valence-electron chi connectivity index (χ3n) is 1.93. The van der Waals surface area contributed by atoms with E-state index in [1.807, 2.05) is 0 Å². The summed E-state index contributed by atoms with van der Waals surface area (Å²) in [6.07, 6.45) is 0.505. The molecule has 0 bridgehead atoms. The highest BCUT2D eigenvalue weighted by Crippen LogP contribution is 2.25. The summed E-state index contributed by atoms with van der Waals surface area (Å²) in [6, 6.07) is 3.03. The molecule has 0 aliphatic rings. The largest absolute Gasteiger partial charge is 0.507 e. The summed E-state index contributed by atoms with van der Waals surface area (Å²) >= 11 is 0. The zero-order chi connectivity index (χ0) is 10.7. The predicted molar refractivity (Wildman–Crippen MR) is 49.6 cm³/mol. The molecule has 0 saturated heterocycles. The summed E-state index contributed by atoms with van der Waals surface area (Å²) in [7, 11) is 1.19. The van der Waals surface area contributed by atoms with Crippen molar-refractivity contribution < 1.29 is 19.4 Å². The van der Waals surface area contributed by atoms with Gasteiger partial charge in [0.1, 0.15) is 11.3 Å². The number of ether oxygens (including phenoxy) is 1. The minimum Gasteiger partial charge on any atom is -0.507 e. The Hall–Kier alpha value is -1.84. The number of phenols is 1. The van der Waals surface area contributed by atoms with Gasteiger partial charge in [0.25, 0.3) is 0 Å². The highest BCUT2D eigenvalue weighted by atomic mass is 16.5. The quantitative estimate of drug-likeness (QED) is 0.569. The monoisotopic (exact) mass is 194 g/mol. The van der Waals surface area contributed by atoms with Gasteiger partial charge in [0.05, 0.1) is 7.11 Å². The van der Waals surface area contributed by atoms with E-state index in [1.165, 1.54) is 13.2 Å². The predicted octanol–water partition coefficient (Wildman–Crippen LogP) is 1.30. The van der Waals surface area contributed by atoms with Crippen molar-refractivity contribution in [3.05, 3.63) is 28.8 Å². The molecule has 0 spiro atoms. The van der Waals surface area contributed by atoms with Crippen molar-refractivity contribution in [2.75, 3.05) is 7.11 Å². The molecule has 0 aliphatic heterocycles. The Labute approximate surface area is 81.1 Å². The molecule has 0 aliphatic carbocycles. The molecule has 0 atom stereocenters. The van der Waals surface area contributed by atoms with Crippen LogP contribution in [0.3, 0.4) is 0 Å². The maximum Gasteiger partial charge on any atom is 0.342 e. The maximum atomic E-state index is 11.2. The number of rotatable bonds is 2. The Balaban J connectivity index is 3.42. The molecule has 4 heteroatoms. The third-order valence-corrected chi connectivity index (χ3v) is 1.93. The average molecular weight is 194 g/mol. The molecule has 0 amide bonds. The number of hydrogen-bond donors (Lipinski definition) is 1. The van der Waals surface area contributed by atoms with Gasteiger partial charge >= 0.3 is 5.97 Å². The first-order valence-electron chi connectivity index (χ1n) is 3.98. The summed E-state index contributed by atoms with van der Waals surface area (Å²) in [4.78, 5) is 21.8. The van der Waals surface area contributed by atoms with E-state index >= 15 is 0 Å². The summed E-state index contributed by atoms with van der Waals surface area (Å²) in [6.45, 7) is 1.64. The van der Waals surface area contributed by atoms with E-state index in [0.29, 0.717) is 11.8 Å². The van der Waals surface area contributed by atoms with Crippen LogP contribution in [0.1, 0.15) is 26.3 Å². The minimum absolute atomic E-state index is 0.0810. The molecule has 4 nitrogen and oxygen atoms in total. The van der Waals surface area contributed by atoms with Crippen LogP contribution in [0.25, 0.3) is 0 Å². The molecule has 0 heterocycles. The molecule has 1 aromatic rings. The van der Waals surface area contributed by atoms with Gasteiger partial charge in [0.2, 0.25) is 0 Å². The number of aromatic hydroxyl groups is 1. The molecule has 0 saturated carbocycles. The fourth-order valence-electron chi connectivity index (χ4n) is 1.13. The van der Waals surface area contributed by atoms with Gasteiger partial charge in [-0.25, -0.2) is 4.79 Å². The molecular formula is C10H10O4. The lowest BCUT2D eigenvalue weighted by atomic mass is 10.0. The van der Waals surface area contributed by atoms with Crippen LogP contribution in [0.15, 0.2) is 12.1 Å². The first kappa shape index (κ1) is 10.2. The van der Waals surface area contributed by atoms with Crippen LogP contribution in [-0.2, 0) is 4.74 Å². The number of carbonyl (C=O) groups excluding carboxylic acids is 2. The first-order valence-corrected chi connectivity index (χ1v) is 3.98. The minimum atomic E-state index is -0.715. The molecule has 74 valence electrons. The Morgan fingerprint density at radius 3 is 2.64 bits per heavy atom. The number of aryl methyl sites for hydroxylation is 1. The van der Waals surface area contributed by atoms with Crippen LogP contribution in [0, 0.1) is 6.92 Å². The molecule has 1 rings (SSSR count). The second kappa shape index (κ2) is 3.91. The highest BCUT2D eigenvalue weighted by molar-refractivity contribution is 6.01. The van der Waals surface area contributed by atoms with E-state index < -0.39 is 5.97 Å². The second-order valence-corrected chi connectivity index (χ2v) is 2.80. The lowest BCUT2D eigenvalue weighted by molar-refractivity contribution is 0.0595. The second-order valence-electron chi connectivity index (χ2n) is 2.80. The van der Waals surface area contributed by atoms with Gasteiger partial charge in [0, 0.05) is 5.56 Å². The van der Waals surface area contributed by atoms with Crippen LogP contribution in [0.4, 0.5) is 0 Å². The smallest absolute Gasteiger partial charge is 0.342 e. The van der Waals surface area contributed by atoms with Crippen molar-refractivity contribution in [1.82, 2.24) is 0 Å². The van der Waals surface area contributed by atoms with Crippen LogP contribution in [0.2, 0.25) is 0 Å². The van der Waals surface area contributed by atoms with Crippen molar-refractivity contribution in [3.8, 4) is 5.75 Å². The van der Waals surface area contributed by atoms with E-state index in [0.717, 1.165) is 0 Å². The Kier molecular flexibility index (Phi) is 2.86. The van der Waals surface area contributed by atoms with Crippen molar-refractivity contribution in [3.63, 3.8) is 0 Å². The van der Waals surface area contributed by atoms with Gasteiger partial charge in [-0.15, -0.1) is 0 Å². The standard InChI is InChI=1S/C10H10O4/c1-6-3-4-7(5-11)8(9(6)12)10(13)14-2/h3-5,12H,1-2H3. The van der Waals surface area contributed by atoms with Crippen molar-refractivity contribution in [1.29, 1.82) is 0 Å². The van der Waals surface area contributed by atoms with E-state index in [-0.39, 0.29) is 16.9 Å². The van der Waals surface area contributed by atoms with Gasteiger partial charge in [0.15, 0.2) is 6.29 Å². The molecule has 0 aromatic heterocycles. The van der Waals surface area contributed by atoms with Gasteiger partial charge < -0.3 is 9.84 Å². The van der Waals surface area contributed by atoms with Gasteiger partial charge in [-0.2, -0.15) is 0 Å². The van der Waals surface area contributed by atoms with Crippen LogP contribution in [0.5, 0.6) is 5.75 Å². The van der Waals surface area contributed by atoms with E-state index in [4.69, 9.17) is 0 Å².